The van der Waals surface area contributed by atoms with Crippen LogP contribution < -0.4 is 20.9 Å². The molecule has 0 aliphatic rings. The van der Waals surface area contributed by atoms with Crippen LogP contribution in [-0.4, -0.2) is 30.3 Å². The molecule has 0 fully saturated rings. The Hall–Kier alpha value is -1.01. The summed E-state index contributed by atoms with van der Waals surface area (Å²) in [5.74, 6) is 0.0954. The van der Waals surface area contributed by atoms with E-state index in [1.54, 1.807) is 13.8 Å². The third-order valence-corrected chi connectivity index (χ3v) is 4.52. The van der Waals surface area contributed by atoms with E-state index < -0.39 is 18.5 Å². The van der Waals surface area contributed by atoms with E-state index in [9.17, 15) is 19.0 Å². The molecule has 21 heavy (non-hydrogen) atoms. The maximum atomic E-state index is 11.7. The van der Waals surface area contributed by atoms with Gasteiger partial charge in [0.1, 0.15) is 0 Å². The van der Waals surface area contributed by atoms with Gasteiger partial charge in [-0.2, -0.15) is 0 Å². The molecule has 1 aromatic rings. The van der Waals surface area contributed by atoms with Crippen molar-refractivity contribution >= 4 is 7.60 Å². The molecule has 120 valence electrons. The summed E-state index contributed by atoms with van der Waals surface area (Å²) in [7, 11) is -3.63. The van der Waals surface area contributed by atoms with E-state index in [4.69, 9.17) is 9.26 Å². The van der Waals surface area contributed by atoms with Crippen LogP contribution in [0.4, 0.5) is 0 Å². The third-order valence-electron chi connectivity index (χ3n) is 3.04. The molecule has 0 spiro atoms. The molecule has 0 saturated carbocycles. The monoisotopic (exact) mass is 319 g/mol. The zero-order valence-electron chi connectivity index (χ0n) is 12.5. The normalized spacial score (nSPS) is 15.8. The van der Waals surface area contributed by atoms with Crippen molar-refractivity contribution in [3.8, 4) is 5.75 Å². The first-order valence-corrected chi connectivity index (χ1v) is 8.74. The number of hydrogen-bond donors (Lipinski definition) is 2. The van der Waals surface area contributed by atoms with Crippen LogP contribution in [0.1, 0.15) is 32.8 Å². The largest absolute Gasteiger partial charge is 0.489 e. The summed E-state index contributed by atoms with van der Waals surface area (Å²) in [4.78, 5) is 32.2. The maximum absolute atomic E-state index is 11.7. The minimum Gasteiger partial charge on any atom is -0.489 e. The fourth-order valence-corrected chi connectivity index (χ4v) is 2.98. The Kier molecular flexibility index (Phi) is 6.74. The first-order chi connectivity index (χ1) is 9.82. The molecule has 0 bridgehead atoms. The zero-order valence-corrected chi connectivity index (χ0v) is 13.4. The van der Waals surface area contributed by atoms with Gasteiger partial charge in [-0.05, 0) is 20.3 Å². The van der Waals surface area contributed by atoms with Gasteiger partial charge in [0.2, 0.25) is 5.43 Å². The average Bonchev–Trinajstić information content (AvgIpc) is 2.44. The molecule has 8 heteroatoms. The zero-order chi connectivity index (χ0) is 16.0. The lowest BCUT2D eigenvalue weighted by atomic mass is 10.1. The van der Waals surface area contributed by atoms with Gasteiger partial charge in [0.25, 0.3) is 5.43 Å². The lowest BCUT2D eigenvalue weighted by Gasteiger charge is -2.17. The third kappa shape index (κ3) is 5.04. The van der Waals surface area contributed by atoms with Gasteiger partial charge >= 0.3 is 7.60 Å². The van der Waals surface area contributed by atoms with Crippen molar-refractivity contribution in [3.63, 3.8) is 0 Å². The van der Waals surface area contributed by atoms with E-state index in [0.29, 0.717) is 13.0 Å². The van der Waals surface area contributed by atoms with E-state index in [2.05, 4.69) is 5.32 Å². The summed E-state index contributed by atoms with van der Waals surface area (Å²) in [5.41, 5.74) is -0.881. The molecule has 0 radical (unpaired) electrons. The second-order valence-electron chi connectivity index (χ2n) is 4.76. The van der Waals surface area contributed by atoms with Gasteiger partial charge in [0.15, 0.2) is 5.75 Å². The quantitative estimate of drug-likeness (QED) is 0.373. The minimum atomic E-state index is -3.63. The standard InChI is InChI=1S/C13H22NO6P/c1-4-9(3)20-21(17,18)7-6-14-8-10-11(15)12(16)13(10)19-5-2/h9,14H,4-8H2,1-3H3,(H,17,18). The van der Waals surface area contributed by atoms with Gasteiger partial charge in [-0.3, -0.25) is 14.2 Å². The van der Waals surface area contributed by atoms with Crippen molar-refractivity contribution in [2.75, 3.05) is 19.3 Å². The van der Waals surface area contributed by atoms with Gasteiger partial charge in [0.05, 0.1) is 24.4 Å². The Balaban J connectivity index is 2.41. The maximum Gasteiger partial charge on any atom is 0.329 e. The molecule has 0 aliphatic heterocycles. The predicted molar refractivity (Wildman–Crippen MR) is 79.8 cm³/mol. The van der Waals surface area contributed by atoms with Crippen molar-refractivity contribution in [3.05, 3.63) is 26.0 Å². The summed E-state index contributed by atoms with van der Waals surface area (Å²) in [6, 6.07) is 0. The van der Waals surface area contributed by atoms with Crippen molar-refractivity contribution < 1.29 is 18.7 Å². The second-order valence-corrected chi connectivity index (χ2v) is 6.69. The molecular formula is C13H22NO6P. The highest BCUT2D eigenvalue weighted by atomic mass is 31.2. The van der Waals surface area contributed by atoms with E-state index in [1.807, 2.05) is 6.92 Å². The fourth-order valence-electron chi connectivity index (χ4n) is 1.72. The van der Waals surface area contributed by atoms with Crippen molar-refractivity contribution in [1.82, 2.24) is 5.32 Å². The van der Waals surface area contributed by atoms with Gasteiger partial charge in [-0.1, -0.05) is 6.92 Å². The Morgan fingerprint density at radius 1 is 1.29 bits per heavy atom. The van der Waals surface area contributed by atoms with Crippen molar-refractivity contribution in [2.24, 2.45) is 0 Å². The minimum absolute atomic E-state index is 0.0588. The highest BCUT2D eigenvalue weighted by molar-refractivity contribution is 7.52. The molecule has 0 amide bonds. The van der Waals surface area contributed by atoms with Gasteiger partial charge in [-0.25, -0.2) is 0 Å². The summed E-state index contributed by atoms with van der Waals surface area (Å²) < 4.78 is 21.9. The van der Waals surface area contributed by atoms with Crippen LogP contribution in [0.15, 0.2) is 9.59 Å². The smallest absolute Gasteiger partial charge is 0.329 e. The van der Waals surface area contributed by atoms with Crippen molar-refractivity contribution in [1.29, 1.82) is 0 Å². The lowest BCUT2D eigenvalue weighted by Crippen LogP contribution is -2.39. The molecule has 2 unspecified atom stereocenters. The Bertz CT molecular complexity index is 577. The van der Waals surface area contributed by atoms with Crippen LogP contribution in [0.2, 0.25) is 0 Å². The number of nitrogens with one attached hydrogen (secondary N) is 1. The Morgan fingerprint density at radius 3 is 2.52 bits per heavy atom. The topological polar surface area (TPSA) is 102 Å². The Labute approximate surface area is 123 Å². The molecular weight excluding hydrogens is 297 g/mol. The van der Waals surface area contributed by atoms with Crippen LogP contribution in [0.5, 0.6) is 5.75 Å². The van der Waals surface area contributed by atoms with Gasteiger partial charge < -0.3 is 19.5 Å². The van der Waals surface area contributed by atoms with E-state index >= 15 is 0 Å². The van der Waals surface area contributed by atoms with Crippen LogP contribution >= 0.6 is 7.60 Å². The molecule has 0 heterocycles. The highest BCUT2D eigenvalue weighted by Gasteiger charge is 2.23. The molecule has 2 atom stereocenters. The molecule has 7 nitrogen and oxygen atoms in total. The first-order valence-electron chi connectivity index (χ1n) is 6.98. The molecule has 1 aromatic carbocycles. The van der Waals surface area contributed by atoms with Crippen LogP contribution in [0, 0.1) is 0 Å². The SMILES string of the molecule is CCOc1c(CNCCP(=O)(O)OC(C)CC)c(=O)c1=O. The highest BCUT2D eigenvalue weighted by Crippen LogP contribution is 2.42. The van der Waals surface area contributed by atoms with Crippen LogP contribution in [0.3, 0.4) is 0 Å². The van der Waals surface area contributed by atoms with Crippen LogP contribution in [0.25, 0.3) is 0 Å². The Morgan fingerprint density at radius 2 is 1.95 bits per heavy atom. The molecule has 0 saturated heterocycles. The van der Waals surface area contributed by atoms with Gasteiger partial charge in [-0.15, -0.1) is 0 Å². The molecule has 0 aromatic heterocycles. The number of rotatable bonds is 10. The number of ether oxygens (including phenoxy) is 1. The summed E-state index contributed by atoms with van der Waals surface area (Å²) in [6.07, 6.45) is 0.314. The second kappa shape index (κ2) is 7.84. The lowest BCUT2D eigenvalue weighted by molar-refractivity contribution is 0.185. The van der Waals surface area contributed by atoms with Crippen molar-refractivity contribution in [2.45, 2.75) is 39.8 Å². The predicted octanol–water partition coefficient (Wildman–Crippen LogP) is 0.771. The molecule has 1 rings (SSSR count). The fraction of sp³-hybridized carbons (Fsp3) is 0.692. The van der Waals surface area contributed by atoms with Crippen LogP contribution in [-0.2, 0) is 15.6 Å². The van der Waals surface area contributed by atoms with E-state index in [-0.39, 0.29) is 36.7 Å². The molecule has 0 aliphatic carbocycles. The summed E-state index contributed by atoms with van der Waals surface area (Å²) in [5, 5.41) is 2.85. The molecule has 2 N–H and O–H groups in total. The van der Waals surface area contributed by atoms with E-state index in [0.717, 1.165) is 0 Å². The first kappa shape index (κ1) is 18.0. The van der Waals surface area contributed by atoms with E-state index in [1.165, 1.54) is 0 Å². The average molecular weight is 319 g/mol. The summed E-state index contributed by atoms with van der Waals surface area (Å²) in [6.45, 7) is 5.98. The summed E-state index contributed by atoms with van der Waals surface area (Å²) >= 11 is 0. The van der Waals surface area contributed by atoms with Gasteiger partial charge in [0, 0.05) is 13.1 Å². The number of hydrogen-bond acceptors (Lipinski definition) is 6.